The molecule has 1 aliphatic heterocycles. The number of fused-ring (bicyclic) bond motifs is 1. The van der Waals surface area contributed by atoms with Crippen LogP contribution in [0.5, 0.6) is 0 Å². The highest BCUT2D eigenvalue weighted by Crippen LogP contribution is 2.39. The van der Waals surface area contributed by atoms with E-state index in [2.05, 4.69) is 27.4 Å². The molecular weight excluding hydrogens is 334 g/mol. The molecule has 0 aromatic carbocycles. The van der Waals surface area contributed by atoms with Gasteiger partial charge in [-0.3, -0.25) is 0 Å². The Morgan fingerprint density at radius 2 is 2.12 bits per heavy atom. The van der Waals surface area contributed by atoms with Crippen molar-refractivity contribution in [3.63, 3.8) is 0 Å². The second-order valence-electron chi connectivity index (χ2n) is 6.67. The van der Waals surface area contributed by atoms with Crippen molar-refractivity contribution in [2.75, 3.05) is 18.6 Å². The predicted molar refractivity (Wildman–Crippen MR) is 101 cm³/mol. The number of thioether (sulfide) groups is 1. The maximum atomic E-state index is 5.93. The monoisotopic (exact) mass is 357 g/mol. The lowest BCUT2D eigenvalue weighted by molar-refractivity contribution is 0.0487. The molecule has 25 heavy (non-hydrogen) atoms. The molecule has 0 radical (unpaired) electrons. The molecule has 0 spiro atoms. The topological polar surface area (TPSA) is 63.9 Å². The highest BCUT2D eigenvalue weighted by molar-refractivity contribution is 7.99. The third-order valence-corrected chi connectivity index (χ3v) is 6.19. The van der Waals surface area contributed by atoms with Gasteiger partial charge in [0.15, 0.2) is 0 Å². The summed E-state index contributed by atoms with van der Waals surface area (Å²) in [5.41, 5.74) is 5.07. The molecule has 1 atom stereocenters. The van der Waals surface area contributed by atoms with Gasteiger partial charge in [0.2, 0.25) is 0 Å². The lowest BCUT2D eigenvalue weighted by Gasteiger charge is -2.28. The number of pyridine rings is 1. The first-order valence-corrected chi connectivity index (χ1v) is 9.85. The quantitative estimate of drug-likeness (QED) is 0.735. The molecule has 0 bridgehead atoms. The Balaban J connectivity index is 1.78. The van der Waals surface area contributed by atoms with Crippen molar-refractivity contribution in [2.45, 2.75) is 32.8 Å². The summed E-state index contributed by atoms with van der Waals surface area (Å²) in [6.45, 7) is 3.90. The van der Waals surface area contributed by atoms with Crippen LogP contribution in [-0.4, -0.2) is 33.7 Å². The molecule has 5 nitrogen and oxygen atoms in total. The van der Waals surface area contributed by atoms with Crippen LogP contribution in [0.1, 0.15) is 36.0 Å². The van der Waals surface area contributed by atoms with Crippen LogP contribution < -0.4 is 0 Å². The van der Waals surface area contributed by atoms with Crippen LogP contribution in [-0.2, 0) is 4.74 Å². The summed E-state index contributed by atoms with van der Waals surface area (Å²) in [7, 11) is 1.82. The number of aryl methyl sites for hydroxylation is 2. The second kappa shape index (κ2) is 6.84. The van der Waals surface area contributed by atoms with Crippen molar-refractivity contribution in [1.29, 1.82) is 0 Å². The summed E-state index contributed by atoms with van der Waals surface area (Å²) in [6, 6.07) is 2.18. The summed E-state index contributed by atoms with van der Waals surface area (Å²) in [4.78, 5) is 7.93. The first-order valence-electron chi connectivity index (χ1n) is 8.70. The predicted octanol–water partition coefficient (Wildman–Crippen LogP) is 4.67. The van der Waals surface area contributed by atoms with E-state index in [1.165, 1.54) is 29.9 Å². The maximum absolute atomic E-state index is 5.93. The van der Waals surface area contributed by atoms with Gasteiger partial charge in [0.05, 0.1) is 11.8 Å². The fraction of sp³-hybridized carbons (Fsp3) is 0.474. The van der Waals surface area contributed by atoms with Crippen molar-refractivity contribution in [2.24, 2.45) is 5.92 Å². The SMILES string of the molecule is COC(c1c[nH]c2ncc(-c3c(C)noc3C)cc12)C1CCSCC1. The molecule has 4 rings (SSSR count). The van der Waals surface area contributed by atoms with Crippen LogP contribution >= 0.6 is 11.8 Å². The minimum Gasteiger partial charge on any atom is -0.376 e. The lowest BCUT2D eigenvalue weighted by Crippen LogP contribution is -2.19. The molecule has 4 heterocycles. The number of aromatic amines is 1. The molecule has 0 amide bonds. The van der Waals surface area contributed by atoms with Crippen molar-refractivity contribution >= 4 is 22.8 Å². The fourth-order valence-corrected chi connectivity index (χ4v) is 5.03. The van der Waals surface area contributed by atoms with E-state index < -0.39 is 0 Å². The van der Waals surface area contributed by atoms with Gasteiger partial charge >= 0.3 is 0 Å². The fourth-order valence-electron chi connectivity index (χ4n) is 3.88. The van der Waals surface area contributed by atoms with E-state index in [-0.39, 0.29) is 6.10 Å². The molecule has 1 N–H and O–H groups in total. The molecule has 0 aliphatic carbocycles. The minimum atomic E-state index is 0.108. The number of aromatic nitrogens is 3. The Bertz CT molecular complexity index is 861. The van der Waals surface area contributed by atoms with Gasteiger partial charge in [0.1, 0.15) is 11.4 Å². The molecule has 1 unspecified atom stereocenters. The Morgan fingerprint density at radius 1 is 1.32 bits per heavy atom. The highest BCUT2D eigenvalue weighted by atomic mass is 32.2. The van der Waals surface area contributed by atoms with E-state index in [0.29, 0.717) is 5.92 Å². The van der Waals surface area contributed by atoms with E-state index >= 15 is 0 Å². The number of hydrogen-bond acceptors (Lipinski definition) is 5. The zero-order valence-corrected chi connectivity index (χ0v) is 15.7. The number of H-pyrrole nitrogens is 1. The van der Waals surface area contributed by atoms with Gasteiger partial charge in [-0.2, -0.15) is 11.8 Å². The molecule has 0 saturated carbocycles. The van der Waals surface area contributed by atoms with Gasteiger partial charge in [-0.15, -0.1) is 0 Å². The average molecular weight is 357 g/mol. The normalized spacial score (nSPS) is 17.2. The number of ether oxygens (including phenoxy) is 1. The van der Waals surface area contributed by atoms with Gasteiger partial charge in [-0.25, -0.2) is 4.98 Å². The van der Waals surface area contributed by atoms with E-state index in [0.717, 1.165) is 33.6 Å². The van der Waals surface area contributed by atoms with Crippen LogP contribution in [0.4, 0.5) is 0 Å². The standard InChI is InChI=1S/C19H23N3O2S/c1-11-17(12(2)24-22-11)14-8-15-16(10-21-19(15)20-9-14)18(23-3)13-4-6-25-7-5-13/h8-10,13,18H,4-7H2,1-3H3,(H,20,21). The second-order valence-corrected chi connectivity index (χ2v) is 7.89. The zero-order valence-electron chi connectivity index (χ0n) is 14.8. The number of nitrogens with one attached hydrogen (secondary N) is 1. The van der Waals surface area contributed by atoms with Gasteiger partial charge in [0, 0.05) is 41.6 Å². The molecule has 6 heteroatoms. The molecule has 3 aromatic rings. The minimum absolute atomic E-state index is 0.108. The van der Waals surface area contributed by atoms with Crippen LogP contribution in [0.3, 0.4) is 0 Å². The van der Waals surface area contributed by atoms with Crippen molar-refractivity contribution in [3.05, 3.63) is 35.5 Å². The smallest absolute Gasteiger partial charge is 0.141 e. The average Bonchev–Trinajstić information content (AvgIpc) is 3.20. The van der Waals surface area contributed by atoms with E-state index in [9.17, 15) is 0 Å². The van der Waals surface area contributed by atoms with Gasteiger partial charge in [-0.05, 0) is 50.2 Å². The summed E-state index contributed by atoms with van der Waals surface area (Å²) >= 11 is 2.04. The third kappa shape index (κ3) is 2.98. The largest absolute Gasteiger partial charge is 0.376 e. The first-order chi connectivity index (χ1) is 12.2. The first kappa shape index (κ1) is 16.7. The van der Waals surface area contributed by atoms with Crippen LogP contribution in [0.25, 0.3) is 22.2 Å². The van der Waals surface area contributed by atoms with Gasteiger partial charge < -0.3 is 14.2 Å². The van der Waals surface area contributed by atoms with E-state index in [1.807, 2.05) is 38.9 Å². The van der Waals surface area contributed by atoms with Crippen LogP contribution in [0, 0.1) is 19.8 Å². The maximum Gasteiger partial charge on any atom is 0.141 e. The van der Waals surface area contributed by atoms with E-state index in [4.69, 9.17) is 9.26 Å². The molecule has 1 saturated heterocycles. The Hall–Kier alpha value is -1.79. The van der Waals surface area contributed by atoms with Crippen molar-refractivity contribution in [1.82, 2.24) is 15.1 Å². The summed E-state index contributed by atoms with van der Waals surface area (Å²) in [6.07, 6.45) is 6.45. The summed E-state index contributed by atoms with van der Waals surface area (Å²) < 4.78 is 11.3. The number of nitrogens with zero attached hydrogens (tertiary/aromatic N) is 2. The lowest BCUT2D eigenvalue weighted by atomic mass is 9.90. The highest BCUT2D eigenvalue weighted by Gasteiger charge is 2.27. The Kier molecular flexibility index (Phi) is 4.56. The number of rotatable bonds is 4. The number of methoxy groups -OCH3 is 1. The molecule has 1 fully saturated rings. The summed E-state index contributed by atoms with van der Waals surface area (Å²) in [5, 5.41) is 5.20. The van der Waals surface area contributed by atoms with Crippen LogP contribution in [0.15, 0.2) is 23.0 Å². The molecule has 3 aromatic heterocycles. The van der Waals surface area contributed by atoms with Crippen molar-refractivity contribution in [3.8, 4) is 11.1 Å². The molecular formula is C19H23N3O2S. The third-order valence-electron chi connectivity index (χ3n) is 5.14. The summed E-state index contributed by atoms with van der Waals surface area (Å²) in [5.74, 6) is 3.82. The Morgan fingerprint density at radius 3 is 2.80 bits per heavy atom. The van der Waals surface area contributed by atoms with Crippen LogP contribution in [0.2, 0.25) is 0 Å². The van der Waals surface area contributed by atoms with Gasteiger partial charge in [0.25, 0.3) is 0 Å². The number of hydrogen-bond donors (Lipinski definition) is 1. The van der Waals surface area contributed by atoms with E-state index in [1.54, 1.807) is 0 Å². The Labute approximate surface area is 151 Å². The molecule has 132 valence electrons. The molecule has 1 aliphatic rings. The van der Waals surface area contributed by atoms with Gasteiger partial charge in [-0.1, -0.05) is 5.16 Å². The zero-order chi connectivity index (χ0) is 17.4. The van der Waals surface area contributed by atoms with Crippen molar-refractivity contribution < 1.29 is 9.26 Å².